The lowest BCUT2D eigenvalue weighted by atomic mass is 10.1. The molecular weight excluding hydrogens is 370 g/mol. The monoisotopic (exact) mass is 395 g/mol. The van der Waals surface area contributed by atoms with E-state index in [0.717, 1.165) is 30.9 Å². The molecule has 0 saturated carbocycles. The normalized spacial score (nSPS) is 15.5. The summed E-state index contributed by atoms with van der Waals surface area (Å²) in [4.78, 5) is 2.52. The molecule has 0 fully saturated rings. The molecule has 0 spiro atoms. The van der Waals surface area contributed by atoms with Crippen molar-refractivity contribution in [3.05, 3.63) is 107 Å². The Morgan fingerprint density at radius 2 is 1.67 bits per heavy atom. The van der Waals surface area contributed by atoms with Crippen LogP contribution in [0.15, 0.2) is 78.9 Å². The van der Waals surface area contributed by atoms with E-state index in [1.165, 1.54) is 22.3 Å². The van der Waals surface area contributed by atoms with E-state index in [0.29, 0.717) is 12.6 Å². The summed E-state index contributed by atoms with van der Waals surface area (Å²) in [5, 5.41) is 12.6. The minimum absolute atomic E-state index is 0.364. The van der Waals surface area contributed by atoms with Crippen molar-refractivity contribution < 1.29 is 0 Å². The molecule has 5 nitrogen and oxygen atoms in total. The molecule has 1 aliphatic rings. The van der Waals surface area contributed by atoms with Crippen LogP contribution in [0, 0.1) is 6.92 Å². The number of hydrogen-bond acceptors (Lipinski definition) is 4. The minimum atomic E-state index is 0.364. The van der Waals surface area contributed by atoms with Crippen LogP contribution in [0.1, 0.15) is 40.5 Å². The highest BCUT2D eigenvalue weighted by atomic mass is 15.5. The topological polar surface area (TPSA) is 46.8 Å². The zero-order chi connectivity index (χ0) is 20.3. The van der Waals surface area contributed by atoms with Gasteiger partial charge in [0.05, 0.1) is 12.2 Å². The van der Waals surface area contributed by atoms with Gasteiger partial charge in [0.1, 0.15) is 0 Å². The molecule has 1 aromatic heterocycles. The van der Waals surface area contributed by atoms with Gasteiger partial charge in [0.2, 0.25) is 0 Å². The molecule has 1 heterocycles. The van der Waals surface area contributed by atoms with Crippen molar-refractivity contribution in [2.45, 2.75) is 38.9 Å². The number of tetrazole rings is 1. The van der Waals surface area contributed by atoms with E-state index in [2.05, 4.69) is 75.9 Å². The van der Waals surface area contributed by atoms with Crippen LogP contribution < -0.4 is 0 Å². The smallest absolute Gasteiger partial charge is 0.170 e. The van der Waals surface area contributed by atoms with Gasteiger partial charge in [-0.3, -0.25) is 4.90 Å². The Kier molecular flexibility index (Phi) is 5.11. The fraction of sp³-hybridized carbons (Fsp3) is 0.240. The van der Waals surface area contributed by atoms with E-state index >= 15 is 0 Å². The summed E-state index contributed by atoms with van der Waals surface area (Å²) < 4.78 is 1.85. The van der Waals surface area contributed by atoms with Gasteiger partial charge in [-0.1, -0.05) is 72.3 Å². The number of para-hydroxylation sites is 1. The van der Waals surface area contributed by atoms with E-state index in [1.54, 1.807) is 0 Å². The summed E-state index contributed by atoms with van der Waals surface area (Å²) in [6, 6.07) is 28.1. The molecular formula is C25H25N5. The maximum absolute atomic E-state index is 4.38. The summed E-state index contributed by atoms with van der Waals surface area (Å²) in [6.45, 7) is 3.68. The van der Waals surface area contributed by atoms with Crippen molar-refractivity contribution in [3.8, 4) is 5.69 Å². The summed E-state index contributed by atoms with van der Waals surface area (Å²) in [5.74, 6) is 0.859. The zero-order valence-corrected chi connectivity index (χ0v) is 17.1. The van der Waals surface area contributed by atoms with Crippen LogP contribution in [-0.4, -0.2) is 25.1 Å². The van der Waals surface area contributed by atoms with E-state index in [4.69, 9.17) is 0 Å². The van der Waals surface area contributed by atoms with E-state index in [1.807, 2.05) is 35.0 Å². The predicted octanol–water partition coefficient (Wildman–Crippen LogP) is 4.66. The van der Waals surface area contributed by atoms with Gasteiger partial charge in [-0.2, -0.15) is 4.68 Å². The quantitative estimate of drug-likeness (QED) is 0.476. The van der Waals surface area contributed by atoms with Gasteiger partial charge < -0.3 is 0 Å². The average molecular weight is 396 g/mol. The maximum atomic E-state index is 4.38. The Morgan fingerprint density at radius 3 is 2.50 bits per heavy atom. The van der Waals surface area contributed by atoms with E-state index in [-0.39, 0.29) is 0 Å². The fourth-order valence-corrected chi connectivity index (χ4v) is 4.37. The standard InChI is InChI=1S/C25H25N5/c1-19-11-13-20(14-12-19)17-29(24-16-15-21-7-5-6-10-23(21)24)18-25-26-27-28-30(25)22-8-3-2-4-9-22/h2-14,24H,15-18H2,1H3. The summed E-state index contributed by atoms with van der Waals surface area (Å²) in [6.07, 6.45) is 2.24. The number of aromatic nitrogens is 4. The van der Waals surface area contributed by atoms with Crippen LogP contribution in [-0.2, 0) is 19.5 Å². The van der Waals surface area contributed by atoms with Gasteiger partial charge in [-0.25, -0.2) is 0 Å². The molecule has 0 N–H and O–H groups in total. The van der Waals surface area contributed by atoms with Crippen molar-refractivity contribution in [1.29, 1.82) is 0 Å². The summed E-state index contributed by atoms with van der Waals surface area (Å²) in [7, 11) is 0. The molecule has 1 aliphatic carbocycles. The average Bonchev–Trinajstić information content (AvgIpc) is 3.42. The van der Waals surface area contributed by atoms with Crippen LogP contribution in [0.3, 0.4) is 0 Å². The highest BCUT2D eigenvalue weighted by Gasteiger charge is 2.29. The first kappa shape index (κ1) is 18.7. The van der Waals surface area contributed by atoms with E-state index in [9.17, 15) is 0 Å². The first-order valence-electron chi connectivity index (χ1n) is 10.5. The Morgan fingerprint density at radius 1 is 0.900 bits per heavy atom. The highest BCUT2D eigenvalue weighted by Crippen LogP contribution is 2.37. The second-order valence-corrected chi connectivity index (χ2v) is 7.99. The number of aryl methyl sites for hydroxylation is 2. The molecule has 150 valence electrons. The van der Waals surface area contributed by atoms with Crippen molar-refractivity contribution in [2.24, 2.45) is 0 Å². The third-order valence-electron chi connectivity index (χ3n) is 5.93. The molecule has 0 bridgehead atoms. The lowest BCUT2D eigenvalue weighted by Gasteiger charge is -2.29. The Hall–Kier alpha value is -3.31. The second-order valence-electron chi connectivity index (χ2n) is 7.99. The Balaban J connectivity index is 1.48. The van der Waals surface area contributed by atoms with Crippen LogP contribution in [0.4, 0.5) is 0 Å². The highest BCUT2D eigenvalue weighted by molar-refractivity contribution is 5.35. The number of nitrogens with zero attached hydrogens (tertiary/aromatic N) is 5. The fourth-order valence-electron chi connectivity index (χ4n) is 4.37. The van der Waals surface area contributed by atoms with Gasteiger partial charge in [-0.05, 0) is 59.0 Å². The lowest BCUT2D eigenvalue weighted by Crippen LogP contribution is -2.28. The molecule has 4 aromatic rings. The van der Waals surface area contributed by atoms with Crippen LogP contribution in [0.5, 0.6) is 0 Å². The van der Waals surface area contributed by atoms with Gasteiger partial charge in [-0.15, -0.1) is 5.10 Å². The lowest BCUT2D eigenvalue weighted by molar-refractivity contribution is 0.172. The third-order valence-corrected chi connectivity index (χ3v) is 5.93. The van der Waals surface area contributed by atoms with Crippen molar-refractivity contribution >= 4 is 0 Å². The van der Waals surface area contributed by atoms with Crippen molar-refractivity contribution in [3.63, 3.8) is 0 Å². The molecule has 3 aromatic carbocycles. The number of fused-ring (bicyclic) bond motifs is 1. The number of hydrogen-bond donors (Lipinski definition) is 0. The molecule has 1 atom stereocenters. The minimum Gasteiger partial charge on any atom is -0.285 e. The number of benzene rings is 3. The molecule has 5 heteroatoms. The maximum Gasteiger partial charge on any atom is 0.170 e. The molecule has 0 saturated heterocycles. The van der Waals surface area contributed by atoms with Gasteiger partial charge >= 0.3 is 0 Å². The van der Waals surface area contributed by atoms with Crippen molar-refractivity contribution in [1.82, 2.24) is 25.1 Å². The molecule has 30 heavy (non-hydrogen) atoms. The van der Waals surface area contributed by atoms with Gasteiger partial charge in [0.25, 0.3) is 0 Å². The Bertz CT molecular complexity index is 1120. The predicted molar refractivity (Wildman–Crippen MR) is 117 cm³/mol. The van der Waals surface area contributed by atoms with Crippen LogP contribution in [0.25, 0.3) is 5.69 Å². The van der Waals surface area contributed by atoms with Gasteiger partial charge in [0, 0.05) is 12.6 Å². The SMILES string of the molecule is Cc1ccc(CN(Cc2nnnn2-c2ccccc2)C2CCc3ccccc32)cc1. The van der Waals surface area contributed by atoms with Crippen molar-refractivity contribution in [2.75, 3.05) is 0 Å². The first-order valence-corrected chi connectivity index (χ1v) is 10.5. The first-order chi connectivity index (χ1) is 14.8. The third kappa shape index (κ3) is 3.76. The molecule has 1 unspecified atom stereocenters. The molecule has 5 rings (SSSR count). The second kappa shape index (κ2) is 8.20. The van der Waals surface area contributed by atoms with E-state index < -0.39 is 0 Å². The van der Waals surface area contributed by atoms with Gasteiger partial charge in [0.15, 0.2) is 5.82 Å². The molecule has 0 amide bonds. The Labute approximate surface area is 177 Å². The molecule has 0 aliphatic heterocycles. The summed E-state index contributed by atoms with van der Waals surface area (Å²) >= 11 is 0. The van der Waals surface area contributed by atoms with Crippen LogP contribution >= 0.6 is 0 Å². The largest absolute Gasteiger partial charge is 0.285 e. The zero-order valence-electron chi connectivity index (χ0n) is 17.1. The molecule has 0 radical (unpaired) electrons. The summed E-state index contributed by atoms with van der Waals surface area (Å²) in [5.41, 5.74) is 6.47. The number of rotatable bonds is 6. The van der Waals surface area contributed by atoms with Crippen LogP contribution in [0.2, 0.25) is 0 Å².